The average Bonchev–Trinajstić information content (AvgIpc) is 3.16. The number of aromatic amines is 1. The Morgan fingerprint density at radius 3 is 2.59 bits per heavy atom. The highest BCUT2D eigenvalue weighted by Crippen LogP contribution is 2.28. The van der Waals surface area contributed by atoms with E-state index in [1.165, 1.54) is 0 Å². The zero-order valence-corrected chi connectivity index (χ0v) is 15.0. The van der Waals surface area contributed by atoms with Gasteiger partial charge in [-0.05, 0) is 26.3 Å². The molecular formula is C18H18F3N5O. The van der Waals surface area contributed by atoms with E-state index >= 15 is 0 Å². The number of benzene rings is 1. The second-order valence-electron chi connectivity index (χ2n) is 6.31. The van der Waals surface area contributed by atoms with Crippen LogP contribution in [0.15, 0.2) is 30.3 Å². The number of hydrogen-bond donors (Lipinski definition) is 2. The first-order valence-electron chi connectivity index (χ1n) is 8.18. The molecule has 0 saturated carbocycles. The molecule has 0 bridgehead atoms. The van der Waals surface area contributed by atoms with E-state index in [0.717, 1.165) is 11.1 Å². The zero-order chi connectivity index (χ0) is 19.8. The summed E-state index contributed by atoms with van der Waals surface area (Å²) in [6.07, 6.45) is -4.59. The molecule has 27 heavy (non-hydrogen) atoms. The largest absolute Gasteiger partial charge is 0.432 e. The minimum atomic E-state index is -4.59. The third kappa shape index (κ3) is 4.02. The number of carbonyl (C=O) groups excluding carboxylic acids is 1. The first-order valence-corrected chi connectivity index (χ1v) is 8.18. The maximum Gasteiger partial charge on any atom is 0.432 e. The maximum atomic E-state index is 12.6. The molecule has 6 nitrogen and oxygen atoms in total. The first kappa shape index (κ1) is 18.7. The van der Waals surface area contributed by atoms with Crippen molar-refractivity contribution in [2.45, 2.75) is 33.5 Å². The van der Waals surface area contributed by atoms with Gasteiger partial charge < -0.3 is 5.32 Å². The molecular weight excluding hydrogens is 359 g/mol. The van der Waals surface area contributed by atoms with Crippen LogP contribution in [-0.2, 0) is 12.7 Å². The van der Waals surface area contributed by atoms with Crippen LogP contribution in [0.5, 0.6) is 0 Å². The molecule has 1 aromatic carbocycles. The number of hydrogen-bond acceptors (Lipinski definition) is 3. The molecule has 3 aromatic rings. The van der Waals surface area contributed by atoms with Crippen LogP contribution in [0.1, 0.15) is 38.7 Å². The predicted octanol–water partition coefficient (Wildman–Crippen LogP) is 3.85. The molecule has 0 aliphatic rings. The van der Waals surface area contributed by atoms with Crippen molar-refractivity contribution in [1.29, 1.82) is 0 Å². The molecule has 0 radical (unpaired) electrons. The Morgan fingerprint density at radius 1 is 1.22 bits per heavy atom. The monoisotopic (exact) mass is 377 g/mol. The van der Waals surface area contributed by atoms with Gasteiger partial charge in [0.15, 0.2) is 5.69 Å². The van der Waals surface area contributed by atoms with Crippen LogP contribution >= 0.6 is 0 Å². The summed E-state index contributed by atoms with van der Waals surface area (Å²) >= 11 is 0. The number of amides is 1. The van der Waals surface area contributed by atoms with Crippen molar-refractivity contribution >= 4 is 11.6 Å². The van der Waals surface area contributed by atoms with Crippen molar-refractivity contribution in [3.8, 4) is 0 Å². The van der Waals surface area contributed by atoms with Gasteiger partial charge in [-0.3, -0.25) is 14.6 Å². The van der Waals surface area contributed by atoms with Gasteiger partial charge in [0.05, 0.1) is 23.6 Å². The molecule has 2 N–H and O–H groups in total. The number of anilines is 1. The predicted molar refractivity (Wildman–Crippen MR) is 93.5 cm³/mol. The lowest BCUT2D eigenvalue weighted by atomic mass is 10.1. The standard InChI is InChI=1S/C18H18F3N5O/c1-10-5-4-6-13(7-10)9-26-12(3)16(11(2)25-26)22-17(27)14-8-15(24-23-14)18(19,20)21/h4-8H,9H2,1-3H3,(H,22,27)(H,23,24). The highest BCUT2D eigenvalue weighted by molar-refractivity contribution is 6.03. The van der Waals surface area contributed by atoms with E-state index in [0.29, 0.717) is 29.7 Å². The fourth-order valence-corrected chi connectivity index (χ4v) is 2.78. The minimum absolute atomic E-state index is 0.340. The fourth-order valence-electron chi connectivity index (χ4n) is 2.78. The van der Waals surface area contributed by atoms with E-state index in [-0.39, 0.29) is 5.69 Å². The zero-order valence-electron chi connectivity index (χ0n) is 15.0. The van der Waals surface area contributed by atoms with Crippen LogP contribution in [0.2, 0.25) is 0 Å². The first-order chi connectivity index (χ1) is 12.6. The average molecular weight is 377 g/mol. The molecule has 0 unspecified atom stereocenters. The van der Waals surface area contributed by atoms with Crippen LogP contribution in [0.25, 0.3) is 0 Å². The van der Waals surface area contributed by atoms with Gasteiger partial charge >= 0.3 is 6.18 Å². The smallest absolute Gasteiger partial charge is 0.317 e. The van der Waals surface area contributed by atoms with Gasteiger partial charge in [-0.1, -0.05) is 29.8 Å². The van der Waals surface area contributed by atoms with Gasteiger partial charge in [0.2, 0.25) is 0 Å². The number of aromatic nitrogens is 4. The van der Waals surface area contributed by atoms with E-state index in [1.807, 2.05) is 36.3 Å². The summed E-state index contributed by atoms with van der Waals surface area (Å²) in [5, 5.41) is 12.3. The summed E-state index contributed by atoms with van der Waals surface area (Å²) in [5.41, 5.74) is 2.50. The second kappa shape index (κ2) is 6.90. The van der Waals surface area contributed by atoms with E-state index in [2.05, 4.69) is 15.5 Å². The number of aryl methyl sites for hydroxylation is 2. The summed E-state index contributed by atoms with van der Waals surface area (Å²) in [4.78, 5) is 12.3. The van der Waals surface area contributed by atoms with E-state index in [1.54, 1.807) is 18.5 Å². The molecule has 0 fully saturated rings. The highest BCUT2D eigenvalue weighted by atomic mass is 19.4. The lowest BCUT2D eigenvalue weighted by Crippen LogP contribution is -2.14. The molecule has 2 aromatic heterocycles. The Labute approximate surface area is 153 Å². The van der Waals surface area contributed by atoms with E-state index < -0.39 is 17.8 Å². The van der Waals surface area contributed by atoms with Crippen molar-refractivity contribution < 1.29 is 18.0 Å². The van der Waals surface area contributed by atoms with Crippen molar-refractivity contribution in [3.05, 3.63) is 64.2 Å². The van der Waals surface area contributed by atoms with Gasteiger partial charge in [0, 0.05) is 6.07 Å². The third-order valence-electron chi connectivity index (χ3n) is 4.15. The number of carbonyl (C=O) groups is 1. The Hall–Kier alpha value is -3.10. The lowest BCUT2D eigenvalue weighted by molar-refractivity contribution is -0.141. The van der Waals surface area contributed by atoms with Crippen molar-refractivity contribution in [2.75, 3.05) is 5.32 Å². The van der Waals surface area contributed by atoms with Gasteiger partial charge in [0.25, 0.3) is 5.91 Å². The molecule has 2 heterocycles. The van der Waals surface area contributed by atoms with Crippen molar-refractivity contribution in [3.63, 3.8) is 0 Å². The molecule has 0 aliphatic heterocycles. The molecule has 0 aliphatic carbocycles. The molecule has 9 heteroatoms. The number of rotatable bonds is 4. The van der Waals surface area contributed by atoms with Crippen LogP contribution < -0.4 is 5.32 Å². The maximum absolute atomic E-state index is 12.6. The van der Waals surface area contributed by atoms with Gasteiger partial charge in [-0.25, -0.2) is 0 Å². The summed E-state index contributed by atoms with van der Waals surface area (Å²) < 4.78 is 39.7. The number of H-pyrrole nitrogens is 1. The summed E-state index contributed by atoms with van der Waals surface area (Å²) in [7, 11) is 0. The summed E-state index contributed by atoms with van der Waals surface area (Å²) in [6, 6.07) is 8.64. The molecule has 3 rings (SSSR count). The topological polar surface area (TPSA) is 75.6 Å². The minimum Gasteiger partial charge on any atom is -0.317 e. The Bertz CT molecular complexity index is 987. The summed E-state index contributed by atoms with van der Waals surface area (Å²) in [6.45, 7) is 6.03. The van der Waals surface area contributed by atoms with Gasteiger partial charge in [-0.2, -0.15) is 23.4 Å². The number of nitrogens with zero attached hydrogens (tertiary/aromatic N) is 3. The Kier molecular flexibility index (Phi) is 4.77. The Morgan fingerprint density at radius 2 is 1.96 bits per heavy atom. The van der Waals surface area contributed by atoms with Gasteiger partial charge in [0.1, 0.15) is 5.69 Å². The third-order valence-corrected chi connectivity index (χ3v) is 4.15. The molecule has 142 valence electrons. The molecule has 1 amide bonds. The second-order valence-corrected chi connectivity index (χ2v) is 6.31. The van der Waals surface area contributed by atoms with Crippen LogP contribution in [0.4, 0.5) is 18.9 Å². The molecule has 0 saturated heterocycles. The van der Waals surface area contributed by atoms with Crippen LogP contribution in [0, 0.1) is 20.8 Å². The number of nitrogens with one attached hydrogen (secondary N) is 2. The van der Waals surface area contributed by atoms with E-state index in [9.17, 15) is 18.0 Å². The highest BCUT2D eigenvalue weighted by Gasteiger charge is 2.34. The SMILES string of the molecule is Cc1cccc(Cn2nc(C)c(NC(=O)c3cc(C(F)(F)F)[nH]n3)c2C)c1. The van der Waals surface area contributed by atoms with Crippen molar-refractivity contribution in [2.24, 2.45) is 0 Å². The molecule has 0 spiro atoms. The number of alkyl halides is 3. The van der Waals surface area contributed by atoms with Crippen molar-refractivity contribution in [1.82, 2.24) is 20.0 Å². The fraction of sp³-hybridized carbons (Fsp3) is 0.278. The van der Waals surface area contributed by atoms with Gasteiger partial charge in [-0.15, -0.1) is 0 Å². The molecule has 0 atom stereocenters. The normalized spacial score (nSPS) is 11.6. The van der Waals surface area contributed by atoms with Crippen LogP contribution in [-0.4, -0.2) is 25.9 Å². The summed E-state index contributed by atoms with van der Waals surface area (Å²) in [5.74, 6) is -0.733. The number of halogens is 3. The lowest BCUT2D eigenvalue weighted by Gasteiger charge is -2.07. The Balaban J connectivity index is 1.80. The quantitative estimate of drug-likeness (QED) is 0.725. The van der Waals surface area contributed by atoms with E-state index in [4.69, 9.17) is 0 Å². The van der Waals surface area contributed by atoms with Crippen LogP contribution in [0.3, 0.4) is 0 Å².